The largest absolute Gasteiger partial charge is 0.475 e. The second-order valence-electron chi connectivity index (χ2n) is 5.78. The molecule has 1 saturated heterocycles. The number of hydrogen-bond acceptors (Lipinski definition) is 7. The third-order valence-corrected chi connectivity index (χ3v) is 4.02. The van der Waals surface area contributed by atoms with Crippen molar-refractivity contribution in [1.82, 2.24) is 9.97 Å². The van der Waals surface area contributed by atoms with Crippen LogP contribution >= 0.6 is 0 Å². The summed E-state index contributed by atoms with van der Waals surface area (Å²) in [7, 11) is 0. The van der Waals surface area contributed by atoms with Crippen molar-refractivity contribution < 1.29 is 9.47 Å². The lowest BCUT2D eigenvalue weighted by Crippen LogP contribution is -2.44. The van der Waals surface area contributed by atoms with Gasteiger partial charge in [-0.05, 0) is 27.2 Å². The van der Waals surface area contributed by atoms with Crippen molar-refractivity contribution in [1.29, 1.82) is 5.41 Å². The minimum absolute atomic E-state index is 0.0452. The van der Waals surface area contributed by atoms with E-state index in [1.807, 2.05) is 20.8 Å². The van der Waals surface area contributed by atoms with Crippen molar-refractivity contribution in [3.05, 3.63) is 11.4 Å². The second-order valence-corrected chi connectivity index (χ2v) is 5.78. The van der Waals surface area contributed by atoms with Gasteiger partial charge in [0, 0.05) is 0 Å². The average molecular weight is 321 g/mol. The monoisotopic (exact) mass is 321 g/mol. The molecule has 0 aromatic carbocycles. The van der Waals surface area contributed by atoms with Crippen molar-refractivity contribution in [3.63, 3.8) is 0 Å². The molecule has 7 heteroatoms. The van der Waals surface area contributed by atoms with Gasteiger partial charge >= 0.3 is 0 Å². The quantitative estimate of drug-likeness (QED) is 0.822. The Balaban J connectivity index is 0.000000924. The molecule has 0 saturated carbocycles. The minimum Gasteiger partial charge on any atom is -0.475 e. The zero-order valence-electron chi connectivity index (χ0n) is 14.6. The number of ether oxygens (including phenoxy) is 2. The van der Waals surface area contributed by atoms with Gasteiger partial charge in [0.15, 0.2) is 0 Å². The van der Waals surface area contributed by atoms with Crippen molar-refractivity contribution in [3.8, 4) is 0 Å². The normalized spacial score (nSPS) is 26.7. The molecule has 0 radical (unpaired) electrons. The molecule has 3 atom stereocenters. The van der Waals surface area contributed by atoms with Gasteiger partial charge in [0.1, 0.15) is 29.6 Å². The first-order chi connectivity index (χ1) is 11.0. The summed E-state index contributed by atoms with van der Waals surface area (Å²) in [6, 6.07) is 0.316. The molecule has 7 nitrogen and oxygen atoms in total. The molecule has 3 rings (SSSR count). The predicted molar refractivity (Wildman–Crippen MR) is 91.1 cm³/mol. The predicted octanol–water partition coefficient (Wildman–Crippen LogP) is 2.12. The van der Waals surface area contributed by atoms with Crippen LogP contribution in [0, 0.1) is 12.3 Å². The van der Waals surface area contributed by atoms with Gasteiger partial charge in [0.05, 0.1) is 24.8 Å². The number of rotatable bonds is 1. The SMILES string of the molecule is CC.Cc1nc(N)c2c(n1)N(C1COC(C)C1)C(C)COC2=N. The van der Waals surface area contributed by atoms with Crippen LogP contribution in [0.2, 0.25) is 0 Å². The Kier molecular flexibility index (Phi) is 5.41. The van der Waals surface area contributed by atoms with Crippen molar-refractivity contribution in [2.45, 2.75) is 59.2 Å². The fraction of sp³-hybridized carbons (Fsp3) is 0.688. The summed E-state index contributed by atoms with van der Waals surface area (Å²) in [4.78, 5) is 10.9. The molecule has 1 aromatic rings. The maximum Gasteiger partial charge on any atom is 0.220 e. The van der Waals surface area contributed by atoms with Crippen molar-refractivity contribution in [2.75, 3.05) is 23.8 Å². The molecule has 0 amide bonds. The zero-order valence-corrected chi connectivity index (χ0v) is 14.6. The van der Waals surface area contributed by atoms with E-state index in [4.69, 9.17) is 20.6 Å². The molecule has 2 aliphatic heterocycles. The van der Waals surface area contributed by atoms with E-state index < -0.39 is 0 Å². The van der Waals surface area contributed by atoms with Crippen LogP contribution in [0.4, 0.5) is 11.6 Å². The van der Waals surface area contributed by atoms with Crippen LogP contribution in [0.5, 0.6) is 0 Å². The first-order valence-electron chi connectivity index (χ1n) is 8.23. The Morgan fingerprint density at radius 3 is 2.52 bits per heavy atom. The molecule has 3 N–H and O–H groups in total. The Morgan fingerprint density at radius 2 is 1.91 bits per heavy atom. The van der Waals surface area contributed by atoms with Gasteiger partial charge in [0.25, 0.3) is 0 Å². The molecule has 23 heavy (non-hydrogen) atoms. The van der Waals surface area contributed by atoms with Gasteiger partial charge in [-0.1, -0.05) is 13.8 Å². The van der Waals surface area contributed by atoms with E-state index in [1.54, 1.807) is 0 Å². The van der Waals surface area contributed by atoms with Crippen molar-refractivity contribution >= 4 is 17.5 Å². The highest BCUT2D eigenvalue weighted by molar-refractivity contribution is 6.01. The van der Waals surface area contributed by atoms with E-state index in [1.165, 1.54) is 0 Å². The molecule has 3 unspecified atom stereocenters. The molecule has 3 heterocycles. The van der Waals surface area contributed by atoms with E-state index in [0.717, 1.165) is 6.42 Å². The topological polar surface area (TPSA) is 97.3 Å². The number of aromatic nitrogens is 2. The molecule has 0 spiro atoms. The summed E-state index contributed by atoms with van der Waals surface area (Å²) in [5.74, 6) is 1.64. The van der Waals surface area contributed by atoms with Crippen LogP contribution in [0.25, 0.3) is 0 Å². The second kappa shape index (κ2) is 7.12. The summed E-state index contributed by atoms with van der Waals surface area (Å²) < 4.78 is 11.2. The fourth-order valence-corrected chi connectivity index (χ4v) is 3.07. The fourth-order valence-electron chi connectivity index (χ4n) is 3.07. The third kappa shape index (κ3) is 3.39. The number of hydrogen-bond donors (Lipinski definition) is 2. The Morgan fingerprint density at radius 1 is 1.22 bits per heavy atom. The maximum absolute atomic E-state index is 8.07. The van der Waals surface area contributed by atoms with Gasteiger partial charge < -0.3 is 20.1 Å². The summed E-state index contributed by atoms with van der Waals surface area (Å²) >= 11 is 0. The van der Waals surface area contributed by atoms with E-state index in [-0.39, 0.29) is 24.1 Å². The molecule has 1 fully saturated rings. The third-order valence-electron chi connectivity index (χ3n) is 4.02. The number of nitrogens with one attached hydrogen (secondary N) is 1. The maximum atomic E-state index is 8.07. The number of aryl methyl sites for hydroxylation is 1. The number of nitrogens with two attached hydrogens (primary N) is 1. The Bertz CT molecular complexity index is 578. The van der Waals surface area contributed by atoms with Crippen LogP contribution < -0.4 is 10.6 Å². The van der Waals surface area contributed by atoms with E-state index in [2.05, 4.69) is 28.7 Å². The molecule has 0 bridgehead atoms. The Hall–Kier alpha value is -1.89. The molecule has 128 valence electrons. The van der Waals surface area contributed by atoms with E-state index in [0.29, 0.717) is 36.2 Å². The highest BCUT2D eigenvalue weighted by Gasteiger charge is 2.37. The Labute approximate surface area is 137 Å². The first kappa shape index (κ1) is 17.5. The van der Waals surface area contributed by atoms with Gasteiger partial charge in [-0.3, -0.25) is 5.41 Å². The first-order valence-corrected chi connectivity index (χ1v) is 8.23. The highest BCUT2D eigenvalue weighted by Crippen LogP contribution is 2.32. The number of anilines is 2. The lowest BCUT2D eigenvalue weighted by Gasteiger charge is -2.33. The molecule has 0 aliphatic carbocycles. The van der Waals surface area contributed by atoms with Crippen LogP contribution in [0.15, 0.2) is 0 Å². The smallest absolute Gasteiger partial charge is 0.220 e. The lowest BCUT2D eigenvalue weighted by molar-refractivity contribution is 0.122. The minimum atomic E-state index is 0.0452. The van der Waals surface area contributed by atoms with Gasteiger partial charge in [-0.25, -0.2) is 9.97 Å². The van der Waals surface area contributed by atoms with Crippen molar-refractivity contribution in [2.24, 2.45) is 0 Å². The average Bonchev–Trinajstić information content (AvgIpc) is 2.87. The van der Waals surface area contributed by atoms with Crippen LogP contribution in [0.1, 0.15) is 45.5 Å². The van der Waals surface area contributed by atoms with Gasteiger partial charge in [-0.15, -0.1) is 0 Å². The van der Waals surface area contributed by atoms with Crippen LogP contribution in [-0.4, -0.2) is 47.3 Å². The molecule has 1 aromatic heterocycles. The van der Waals surface area contributed by atoms with Gasteiger partial charge in [-0.2, -0.15) is 0 Å². The summed E-state index contributed by atoms with van der Waals surface area (Å²) in [5.41, 5.74) is 6.50. The van der Waals surface area contributed by atoms with Gasteiger partial charge in [0.2, 0.25) is 5.90 Å². The molecule has 2 aliphatic rings. The number of nitrogen functional groups attached to an aromatic ring is 1. The zero-order chi connectivity index (χ0) is 17.1. The lowest BCUT2D eigenvalue weighted by atomic mass is 10.1. The summed E-state index contributed by atoms with van der Waals surface area (Å²) in [6.45, 7) is 11.0. The number of nitrogens with zero attached hydrogens (tertiary/aromatic N) is 3. The van der Waals surface area contributed by atoms with E-state index >= 15 is 0 Å². The molecular weight excluding hydrogens is 294 g/mol. The number of fused-ring (bicyclic) bond motifs is 1. The van der Waals surface area contributed by atoms with Crippen LogP contribution in [-0.2, 0) is 9.47 Å². The summed E-state index contributed by atoms with van der Waals surface area (Å²) in [5, 5.41) is 8.07. The summed E-state index contributed by atoms with van der Waals surface area (Å²) in [6.07, 6.45) is 1.16. The molecular formula is C16H27N5O2. The van der Waals surface area contributed by atoms with E-state index in [9.17, 15) is 0 Å². The standard InChI is InChI=1S/C14H21N5O2.C2H6/c1-7-5-21-13(16)11-12(15)17-9(3)18-14(11)19(7)10-4-8(2)20-6-10;1-2/h7-8,10,16H,4-6H2,1-3H3,(H2,15,17,18);1-2H3. The van der Waals surface area contributed by atoms with Crippen LogP contribution in [0.3, 0.4) is 0 Å². The highest BCUT2D eigenvalue weighted by atomic mass is 16.5.